The van der Waals surface area contributed by atoms with Gasteiger partial charge in [0.2, 0.25) is 5.91 Å². The molecule has 124 valence electrons. The molecule has 0 saturated carbocycles. The lowest BCUT2D eigenvalue weighted by Gasteiger charge is -2.07. The molecule has 1 N–H and O–H groups in total. The molecule has 3 aromatic heterocycles. The van der Waals surface area contributed by atoms with Crippen molar-refractivity contribution < 1.29 is 9.32 Å². The highest BCUT2D eigenvalue weighted by Crippen LogP contribution is 2.15. The Hall–Kier alpha value is -2.96. The van der Waals surface area contributed by atoms with Gasteiger partial charge in [-0.05, 0) is 39.3 Å². The summed E-state index contributed by atoms with van der Waals surface area (Å²) < 4.78 is 6.98. The molecule has 0 aromatic carbocycles. The number of hydrogen-bond donors (Lipinski definition) is 1. The van der Waals surface area contributed by atoms with Gasteiger partial charge in [0.1, 0.15) is 17.4 Å². The first-order valence-corrected chi connectivity index (χ1v) is 7.72. The Labute approximate surface area is 139 Å². The molecule has 0 atom stereocenters. The van der Waals surface area contributed by atoms with Gasteiger partial charge in [0.05, 0.1) is 17.6 Å². The summed E-state index contributed by atoms with van der Waals surface area (Å²) in [6.45, 7) is 5.64. The first-order chi connectivity index (χ1) is 11.5. The van der Waals surface area contributed by atoms with E-state index < -0.39 is 0 Å². The van der Waals surface area contributed by atoms with Crippen molar-refractivity contribution in [1.29, 1.82) is 0 Å². The van der Waals surface area contributed by atoms with E-state index in [0.717, 1.165) is 28.7 Å². The maximum atomic E-state index is 12.1. The highest BCUT2D eigenvalue weighted by Gasteiger charge is 2.11. The van der Waals surface area contributed by atoms with Crippen LogP contribution in [0.3, 0.4) is 0 Å². The van der Waals surface area contributed by atoms with Crippen LogP contribution in [0.2, 0.25) is 0 Å². The molecule has 0 fully saturated rings. The van der Waals surface area contributed by atoms with Gasteiger partial charge in [-0.2, -0.15) is 0 Å². The van der Waals surface area contributed by atoms with Crippen molar-refractivity contribution in [2.45, 2.75) is 33.6 Å². The van der Waals surface area contributed by atoms with Gasteiger partial charge < -0.3 is 9.84 Å². The fourth-order valence-corrected chi connectivity index (χ4v) is 2.54. The van der Waals surface area contributed by atoms with E-state index in [4.69, 9.17) is 4.52 Å². The van der Waals surface area contributed by atoms with E-state index in [1.165, 1.54) is 0 Å². The van der Waals surface area contributed by atoms with Gasteiger partial charge in [-0.25, -0.2) is 9.97 Å². The second kappa shape index (κ2) is 6.66. The Morgan fingerprint density at radius 3 is 2.67 bits per heavy atom. The van der Waals surface area contributed by atoms with E-state index in [0.29, 0.717) is 18.5 Å². The van der Waals surface area contributed by atoms with Gasteiger partial charge in [-0.15, -0.1) is 0 Å². The topological polar surface area (TPSA) is 85.8 Å². The summed E-state index contributed by atoms with van der Waals surface area (Å²) in [5.41, 5.74) is 2.50. The van der Waals surface area contributed by atoms with E-state index >= 15 is 0 Å². The number of aryl methyl sites for hydroxylation is 3. The van der Waals surface area contributed by atoms with Crippen LogP contribution in [-0.4, -0.2) is 25.6 Å². The van der Waals surface area contributed by atoms with Crippen molar-refractivity contribution in [3.63, 3.8) is 0 Å². The number of amides is 1. The van der Waals surface area contributed by atoms with Crippen LogP contribution in [-0.2, 0) is 11.2 Å². The number of imidazole rings is 1. The van der Waals surface area contributed by atoms with E-state index in [9.17, 15) is 4.79 Å². The number of carbonyl (C=O) groups is 1. The van der Waals surface area contributed by atoms with Gasteiger partial charge in [0.15, 0.2) is 0 Å². The van der Waals surface area contributed by atoms with Crippen LogP contribution in [0.15, 0.2) is 35.2 Å². The lowest BCUT2D eigenvalue weighted by Crippen LogP contribution is -2.13. The van der Waals surface area contributed by atoms with Crippen molar-refractivity contribution in [3.05, 3.63) is 53.6 Å². The zero-order valence-corrected chi connectivity index (χ0v) is 13.9. The molecule has 0 saturated heterocycles. The molecule has 0 unspecified atom stereocenters. The molecule has 3 rings (SSSR count). The first-order valence-electron chi connectivity index (χ1n) is 7.72. The van der Waals surface area contributed by atoms with Gasteiger partial charge in [-0.3, -0.25) is 9.36 Å². The molecule has 0 aliphatic carbocycles. The van der Waals surface area contributed by atoms with Crippen molar-refractivity contribution in [1.82, 2.24) is 19.7 Å². The Morgan fingerprint density at radius 1 is 1.25 bits per heavy atom. The predicted octanol–water partition coefficient (Wildman–Crippen LogP) is 2.75. The Bertz CT molecular complexity index is 829. The Morgan fingerprint density at radius 2 is 2.08 bits per heavy atom. The SMILES string of the molecule is Cc1noc(C)c1CCC(=O)Nc1ccc(-n2ccnc2C)nc1. The monoisotopic (exact) mass is 325 g/mol. The molecule has 0 radical (unpaired) electrons. The lowest BCUT2D eigenvalue weighted by atomic mass is 10.1. The number of anilines is 1. The van der Waals surface area contributed by atoms with E-state index in [-0.39, 0.29) is 5.91 Å². The highest BCUT2D eigenvalue weighted by atomic mass is 16.5. The molecule has 0 spiro atoms. The average molecular weight is 325 g/mol. The zero-order chi connectivity index (χ0) is 17.1. The molecule has 0 bridgehead atoms. The molecule has 3 aromatic rings. The first kappa shape index (κ1) is 15.9. The normalized spacial score (nSPS) is 10.8. The largest absolute Gasteiger partial charge is 0.361 e. The summed E-state index contributed by atoms with van der Waals surface area (Å²) in [4.78, 5) is 20.6. The summed E-state index contributed by atoms with van der Waals surface area (Å²) in [6.07, 6.45) is 6.18. The molecule has 3 heterocycles. The van der Waals surface area contributed by atoms with Gasteiger partial charge in [0, 0.05) is 24.4 Å². The van der Waals surface area contributed by atoms with Crippen LogP contribution >= 0.6 is 0 Å². The summed E-state index contributed by atoms with van der Waals surface area (Å²) in [6, 6.07) is 3.67. The standard InChI is InChI=1S/C17H19N5O2/c1-11-15(12(2)24-21-11)5-7-17(23)20-14-4-6-16(19-10-14)22-9-8-18-13(22)3/h4,6,8-10H,5,7H2,1-3H3,(H,20,23). The van der Waals surface area contributed by atoms with Crippen molar-refractivity contribution in [2.75, 3.05) is 5.32 Å². The average Bonchev–Trinajstić information content (AvgIpc) is 3.12. The number of hydrogen-bond acceptors (Lipinski definition) is 5. The van der Waals surface area contributed by atoms with Gasteiger partial charge >= 0.3 is 0 Å². The van der Waals surface area contributed by atoms with Crippen LogP contribution in [0.1, 0.15) is 29.3 Å². The number of aromatic nitrogens is 4. The number of rotatable bonds is 5. The minimum Gasteiger partial charge on any atom is -0.361 e. The minimum atomic E-state index is -0.0663. The highest BCUT2D eigenvalue weighted by molar-refractivity contribution is 5.90. The second-order valence-electron chi connectivity index (χ2n) is 5.60. The maximum Gasteiger partial charge on any atom is 0.224 e. The third-order valence-electron chi connectivity index (χ3n) is 3.89. The number of pyridine rings is 1. The van der Waals surface area contributed by atoms with E-state index in [2.05, 4.69) is 20.4 Å². The summed E-state index contributed by atoms with van der Waals surface area (Å²) >= 11 is 0. The number of nitrogens with one attached hydrogen (secondary N) is 1. The van der Waals surface area contributed by atoms with E-state index in [1.54, 1.807) is 12.4 Å². The predicted molar refractivity (Wildman–Crippen MR) is 89.0 cm³/mol. The van der Waals surface area contributed by atoms with Crippen molar-refractivity contribution in [2.24, 2.45) is 0 Å². The Balaban J connectivity index is 1.60. The fourth-order valence-electron chi connectivity index (χ4n) is 2.54. The van der Waals surface area contributed by atoms with Crippen LogP contribution in [0.5, 0.6) is 0 Å². The van der Waals surface area contributed by atoms with Crippen LogP contribution in [0.25, 0.3) is 5.82 Å². The molecule has 0 aliphatic rings. The molecule has 7 nitrogen and oxygen atoms in total. The lowest BCUT2D eigenvalue weighted by molar-refractivity contribution is -0.116. The van der Waals surface area contributed by atoms with Gasteiger partial charge in [-0.1, -0.05) is 5.16 Å². The van der Waals surface area contributed by atoms with E-state index in [1.807, 2.05) is 43.7 Å². The van der Waals surface area contributed by atoms with Crippen molar-refractivity contribution >= 4 is 11.6 Å². The molecule has 7 heteroatoms. The molecular formula is C17H19N5O2. The third kappa shape index (κ3) is 3.34. The molecule has 24 heavy (non-hydrogen) atoms. The minimum absolute atomic E-state index is 0.0663. The quantitative estimate of drug-likeness (QED) is 0.779. The molecular weight excluding hydrogens is 306 g/mol. The smallest absolute Gasteiger partial charge is 0.224 e. The van der Waals surface area contributed by atoms with Gasteiger partial charge in [0.25, 0.3) is 0 Å². The Kier molecular flexibility index (Phi) is 4.41. The fraction of sp³-hybridized carbons (Fsp3) is 0.294. The van der Waals surface area contributed by atoms with Crippen LogP contribution < -0.4 is 5.32 Å². The van der Waals surface area contributed by atoms with Crippen molar-refractivity contribution in [3.8, 4) is 5.82 Å². The number of nitrogens with zero attached hydrogens (tertiary/aromatic N) is 4. The summed E-state index contributed by atoms with van der Waals surface area (Å²) in [7, 11) is 0. The zero-order valence-electron chi connectivity index (χ0n) is 13.9. The van der Waals surface area contributed by atoms with Crippen LogP contribution in [0.4, 0.5) is 5.69 Å². The molecule has 1 amide bonds. The second-order valence-corrected chi connectivity index (χ2v) is 5.60. The number of carbonyl (C=O) groups excluding carboxylic acids is 1. The summed E-state index contributed by atoms with van der Waals surface area (Å²) in [5.74, 6) is 2.32. The summed E-state index contributed by atoms with van der Waals surface area (Å²) in [5, 5.41) is 6.75. The maximum absolute atomic E-state index is 12.1. The molecule has 0 aliphatic heterocycles. The third-order valence-corrected chi connectivity index (χ3v) is 3.89. The van der Waals surface area contributed by atoms with Crippen LogP contribution in [0, 0.1) is 20.8 Å².